The molecule has 0 radical (unpaired) electrons. The number of nitrogens with zero attached hydrogens (tertiary/aromatic N) is 2. The number of thiophene rings is 1. The second-order valence-corrected chi connectivity index (χ2v) is 7.93. The number of halogens is 1. The summed E-state index contributed by atoms with van der Waals surface area (Å²) in [5.41, 5.74) is 1.65. The number of carbonyl (C=O) groups is 2. The van der Waals surface area contributed by atoms with Crippen LogP contribution in [0.4, 0.5) is 4.79 Å². The third-order valence-corrected chi connectivity index (χ3v) is 5.72. The Morgan fingerprint density at radius 3 is 2.37 bits per heavy atom. The molecule has 1 aliphatic rings. The number of carbonyl (C=O) groups excluding carboxylic acids is 2. The number of hydrogen-bond donors (Lipinski definition) is 0. The highest BCUT2D eigenvalue weighted by Gasteiger charge is 2.27. The first kappa shape index (κ1) is 19.6. The van der Waals surface area contributed by atoms with Gasteiger partial charge in [0, 0.05) is 35.5 Å². The van der Waals surface area contributed by atoms with Gasteiger partial charge < -0.3 is 14.5 Å². The molecular formula is C20H21BrN2O3S. The Morgan fingerprint density at radius 2 is 1.78 bits per heavy atom. The molecule has 0 bridgehead atoms. The van der Waals surface area contributed by atoms with Crippen molar-refractivity contribution in [2.45, 2.75) is 6.92 Å². The van der Waals surface area contributed by atoms with E-state index in [9.17, 15) is 9.59 Å². The molecule has 1 aliphatic heterocycles. The summed E-state index contributed by atoms with van der Waals surface area (Å²) < 4.78 is 6.04. The van der Waals surface area contributed by atoms with Gasteiger partial charge in [-0.2, -0.15) is 0 Å². The SMILES string of the molecule is CCOC(=O)N1CCN(C(=O)C(=Cc2ccc(Br)cc2)c2cccs2)CC1. The third-order valence-electron chi connectivity index (χ3n) is 4.29. The third kappa shape index (κ3) is 4.99. The summed E-state index contributed by atoms with van der Waals surface area (Å²) in [5, 5.41) is 1.97. The zero-order valence-corrected chi connectivity index (χ0v) is 17.5. The molecule has 2 aromatic rings. The van der Waals surface area contributed by atoms with Crippen LogP contribution in [-0.2, 0) is 9.53 Å². The van der Waals surface area contributed by atoms with E-state index in [2.05, 4.69) is 15.9 Å². The molecule has 7 heteroatoms. The molecule has 0 saturated carbocycles. The smallest absolute Gasteiger partial charge is 0.409 e. The number of rotatable bonds is 4. The molecule has 27 heavy (non-hydrogen) atoms. The molecule has 5 nitrogen and oxygen atoms in total. The number of ether oxygens (including phenoxy) is 1. The van der Waals surface area contributed by atoms with E-state index in [0.29, 0.717) is 38.4 Å². The van der Waals surface area contributed by atoms with Gasteiger partial charge in [-0.05, 0) is 42.1 Å². The van der Waals surface area contributed by atoms with E-state index in [0.717, 1.165) is 14.9 Å². The van der Waals surface area contributed by atoms with Gasteiger partial charge in [0.1, 0.15) is 0 Å². The monoisotopic (exact) mass is 448 g/mol. The first-order chi connectivity index (χ1) is 13.1. The van der Waals surface area contributed by atoms with Crippen molar-refractivity contribution in [1.82, 2.24) is 9.80 Å². The van der Waals surface area contributed by atoms with Gasteiger partial charge in [-0.15, -0.1) is 11.3 Å². The van der Waals surface area contributed by atoms with Gasteiger partial charge >= 0.3 is 6.09 Å². The Kier molecular flexibility index (Phi) is 6.68. The van der Waals surface area contributed by atoms with Crippen molar-refractivity contribution < 1.29 is 14.3 Å². The van der Waals surface area contributed by atoms with Crippen LogP contribution in [0.25, 0.3) is 11.6 Å². The summed E-state index contributed by atoms with van der Waals surface area (Å²) in [7, 11) is 0. The number of piperazine rings is 1. The maximum Gasteiger partial charge on any atom is 0.409 e. The van der Waals surface area contributed by atoms with E-state index >= 15 is 0 Å². The van der Waals surface area contributed by atoms with E-state index < -0.39 is 0 Å². The van der Waals surface area contributed by atoms with Crippen LogP contribution in [0.2, 0.25) is 0 Å². The van der Waals surface area contributed by atoms with Crippen LogP contribution in [0.15, 0.2) is 46.3 Å². The van der Waals surface area contributed by atoms with Crippen molar-refractivity contribution in [1.29, 1.82) is 0 Å². The van der Waals surface area contributed by atoms with Crippen molar-refractivity contribution >= 4 is 50.9 Å². The summed E-state index contributed by atoms with van der Waals surface area (Å²) in [6, 6.07) is 11.8. The Bertz CT molecular complexity index is 810. The fourth-order valence-electron chi connectivity index (χ4n) is 2.87. The molecule has 0 N–H and O–H groups in total. The summed E-state index contributed by atoms with van der Waals surface area (Å²) in [5.74, 6) is -0.0103. The van der Waals surface area contributed by atoms with Crippen molar-refractivity contribution in [2.24, 2.45) is 0 Å². The molecular weight excluding hydrogens is 428 g/mol. The van der Waals surface area contributed by atoms with Crippen LogP contribution in [0.5, 0.6) is 0 Å². The average molecular weight is 449 g/mol. The van der Waals surface area contributed by atoms with Gasteiger partial charge in [-0.25, -0.2) is 4.79 Å². The van der Waals surface area contributed by atoms with Crippen LogP contribution < -0.4 is 0 Å². The largest absolute Gasteiger partial charge is 0.450 e. The van der Waals surface area contributed by atoms with Gasteiger partial charge in [-0.1, -0.05) is 34.1 Å². The molecule has 1 aromatic heterocycles. The fraction of sp³-hybridized carbons (Fsp3) is 0.300. The highest BCUT2D eigenvalue weighted by molar-refractivity contribution is 9.10. The predicted octanol–water partition coefficient (Wildman–Crippen LogP) is 4.35. The lowest BCUT2D eigenvalue weighted by Gasteiger charge is -2.34. The number of hydrogen-bond acceptors (Lipinski definition) is 4. The predicted molar refractivity (Wildman–Crippen MR) is 112 cm³/mol. The van der Waals surface area contributed by atoms with Crippen LogP contribution in [0, 0.1) is 0 Å². The molecule has 1 aromatic carbocycles. The number of amides is 2. The van der Waals surface area contributed by atoms with Crippen LogP contribution in [-0.4, -0.2) is 54.6 Å². The van der Waals surface area contributed by atoms with Crippen LogP contribution in [0.3, 0.4) is 0 Å². The normalized spacial score (nSPS) is 15.0. The number of benzene rings is 1. The van der Waals surface area contributed by atoms with Crippen molar-refractivity contribution in [3.63, 3.8) is 0 Å². The zero-order valence-electron chi connectivity index (χ0n) is 15.1. The van der Waals surface area contributed by atoms with E-state index in [4.69, 9.17) is 4.74 Å². The lowest BCUT2D eigenvalue weighted by atomic mass is 10.1. The van der Waals surface area contributed by atoms with Gasteiger partial charge in [0.2, 0.25) is 0 Å². The molecule has 0 atom stereocenters. The molecule has 0 aliphatic carbocycles. The van der Waals surface area contributed by atoms with Gasteiger partial charge in [0.05, 0.1) is 12.2 Å². The van der Waals surface area contributed by atoms with Gasteiger partial charge in [0.25, 0.3) is 5.91 Å². The van der Waals surface area contributed by atoms with E-state index in [1.165, 1.54) is 0 Å². The van der Waals surface area contributed by atoms with Crippen LogP contribution >= 0.6 is 27.3 Å². The van der Waals surface area contributed by atoms with E-state index in [1.54, 1.807) is 28.1 Å². The van der Waals surface area contributed by atoms with Crippen molar-refractivity contribution in [2.75, 3.05) is 32.8 Å². The van der Waals surface area contributed by atoms with Crippen molar-refractivity contribution in [3.05, 3.63) is 56.7 Å². The Morgan fingerprint density at radius 1 is 1.11 bits per heavy atom. The maximum absolute atomic E-state index is 13.2. The Hall–Kier alpha value is -2.12. The molecule has 142 valence electrons. The Balaban J connectivity index is 1.77. The van der Waals surface area contributed by atoms with Crippen LogP contribution in [0.1, 0.15) is 17.4 Å². The fourth-order valence-corrected chi connectivity index (χ4v) is 3.87. The lowest BCUT2D eigenvalue weighted by Crippen LogP contribution is -2.50. The molecule has 0 spiro atoms. The quantitative estimate of drug-likeness (QED) is 0.653. The first-order valence-electron chi connectivity index (χ1n) is 8.80. The molecule has 2 heterocycles. The second kappa shape index (κ2) is 9.19. The van der Waals surface area contributed by atoms with Crippen molar-refractivity contribution in [3.8, 4) is 0 Å². The zero-order chi connectivity index (χ0) is 19.2. The molecule has 1 fully saturated rings. The minimum absolute atomic E-state index is 0.0103. The standard InChI is InChI=1S/C20H21BrN2O3S/c1-2-26-20(25)23-11-9-22(10-12-23)19(24)17(18-4-3-13-27-18)14-15-5-7-16(21)8-6-15/h3-8,13-14H,2,9-12H2,1H3. The first-order valence-corrected chi connectivity index (χ1v) is 10.5. The van der Waals surface area contributed by atoms with E-state index in [-0.39, 0.29) is 12.0 Å². The second-order valence-electron chi connectivity index (χ2n) is 6.07. The highest BCUT2D eigenvalue weighted by atomic mass is 79.9. The average Bonchev–Trinajstić information content (AvgIpc) is 3.22. The minimum atomic E-state index is -0.312. The lowest BCUT2D eigenvalue weighted by molar-refractivity contribution is -0.126. The summed E-state index contributed by atoms with van der Waals surface area (Å²) >= 11 is 4.98. The summed E-state index contributed by atoms with van der Waals surface area (Å²) in [6.45, 7) is 4.12. The summed E-state index contributed by atoms with van der Waals surface area (Å²) in [6.07, 6.45) is 1.62. The van der Waals surface area contributed by atoms with Gasteiger partial charge in [0.15, 0.2) is 0 Å². The maximum atomic E-state index is 13.2. The minimum Gasteiger partial charge on any atom is -0.450 e. The highest BCUT2D eigenvalue weighted by Crippen LogP contribution is 2.26. The molecule has 3 rings (SSSR count). The Labute approximate surface area is 171 Å². The molecule has 0 unspecified atom stereocenters. The van der Waals surface area contributed by atoms with Gasteiger partial charge in [-0.3, -0.25) is 4.79 Å². The molecule has 1 saturated heterocycles. The molecule has 2 amide bonds. The summed E-state index contributed by atoms with van der Waals surface area (Å²) in [4.78, 5) is 29.4. The van der Waals surface area contributed by atoms with E-state index in [1.807, 2.05) is 47.9 Å². The topological polar surface area (TPSA) is 49.9 Å².